The number of hydrogen-bond acceptors (Lipinski definition) is 3. The Labute approximate surface area is 246 Å². The van der Waals surface area contributed by atoms with Gasteiger partial charge in [0.15, 0.2) is 0 Å². The monoisotopic (exact) mass is 581 g/mol. The average Bonchev–Trinajstić information content (AvgIpc) is 3.09. The van der Waals surface area contributed by atoms with Crippen molar-refractivity contribution in [3.8, 4) is 0 Å². The molecular weight excluding hydrogens is 543 g/mol. The molecule has 42 heavy (non-hydrogen) atoms. The van der Waals surface area contributed by atoms with Crippen molar-refractivity contribution in [1.82, 2.24) is 9.80 Å². The molecule has 0 bridgehead atoms. The first kappa shape index (κ1) is 33.8. The summed E-state index contributed by atoms with van der Waals surface area (Å²) in [5.41, 5.74) is 1.82. The molecule has 0 spiro atoms. The zero-order chi connectivity index (χ0) is 31.6. The minimum atomic E-state index is -4.62. The van der Waals surface area contributed by atoms with Crippen LogP contribution in [-0.4, -0.2) is 47.7 Å². The number of fused-ring (bicyclic) bond motifs is 1. The van der Waals surface area contributed by atoms with Crippen molar-refractivity contribution in [1.29, 1.82) is 0 Å². The summed E-state index contributed by atoms with van der Waals surface area (Å²) in [6.07, 6.45) is 1.72. The highest BCUT2D eigenvalue weighted by Gasteiger charge is 2.35. The zero-order valence-corrected chi connectivity index (χ0v) is 24.8. The molecule has 0 atom stereocenters. The highest BCUT2D eigenvalue weighted by atomic mass is 19.4. The average molecular weight is 582 g/mol. The highest BCUT2D eigenvalue weighted by molar-refractivity contribution is 6.03. The van der Waals surface area contributed by atoms with Crippen LogP contribution >= 0.6 is 0 Å². The molecule has 0 unspecified atom stereocenters. The molecule has 0 fully saturated rings. The Balaban J connectivity index is 0.00000301. The molecule has 0 aliphatic carbocycles. The Morgan fingerprint density at radius 3 is 2.19 bits per heavy atom. The molecule has 3 rings (SSSR count). The van der Waals surface area contributed by atoms with Crippen LogP contribution in [0.2, 0.25) is 0 Å². The van der Waals surface area contributed by atoms with Gasteiger partial charge in [0.25, 0.3) is 11.8 Å². The molecule has 6 nitrogen and oxygen atoms in total. The standard InChI is InChI=1S/C31H32F3N3O3.C2H6/c1-6-16-35(5)29(39)24-12-9-22(10-13-24)18-37-27-17-26(31(32,33)34)15-14-25(27)19-36(20-28(37)38)30(40)23(7-2)11-8-21(3)4;1-2/h6-15,17H,1-2,16,18-20H2,3-5H3;1-2H3/b23-11+;. The van der Waals surface area contributed by atoms with E-state index in [4.69, 9.17) is 0 Å². The van der Waals surface area contributed by atoms with Gasteiger partial charge in [-0.1, -0.05) is 62.4 Å². The van der Waals surface area contributed by atoms with E-state index >= 15 is 0 Å². The Morgan fingerprint density at radius 1 is 1.00 bits per heavy atom. The Hall–Kier alpha value is -4.40. The van der Waals surface area contributed by atoms with Crippen LogP contribution in [-0.2, 0) is 28.9 Å². The van der Waals surface area contributed by atoms with Crippen LogP contribution in [0.15, 0.2) is 91.1 Å². The number of benzene rings is 2. The van der Waals surface area contributed by atoms with Crippen LogP contribution in [0.5, 0.6) is 0 Å². The normalized spacial score (nSPS) is 13.2. The number of rotatable bonds is 8. The second-order valence-electron chi connectivity index (χ2n) is 9.72. The molecule has 1 heterocycles. The van der Waals surface area contributed by atoms with Crippen LogP contribution < -0.4 is 4.90 Å². The van der Waals surface area contributed by atoms with Gasteiger partial charge in [-0.15, -0.1) is 6.58 Å². The minimum absolute atomic E-state index is 0.0476. The Kier molecular flexibility index (Phi) is 12.1. The van der Waals surface area contributed by atoms with Gasteiger partial charge in [-0.2, -0.15) is 13.2 Å². The van der Waals surface area contributed by atoms with E-state index in [0.29, 0.717) is 23.2 Å². The molecule has 0 saturated carbocycles. The highest BCUT2D eigenvalue weighted by Crippen LogP contribution is 2.36. The summed E-state index contributed by atoms with van der Waals surface area (Å²) >= 11 is 0. The first-order valence-corrected chi connectivity index (χ1v) is 13.6. The van der Waals surface area contributed by atoms with Crippen molar-refractivity contribution in [2.24, 2.45) is 0 Å². The molecular formula is C33H38F3N3O3. The Morgan fingerprint density at radius 2 is 1.64 bits per heavy atom. The predicted molar refractivity (Wildman–Crippen MR) is 161 cm³/mol. The van der Waals surface area contributed by atoms with E-state index in [1.165, 1.54) is 26.8 Å². The summed E-state index contributed by atoms with van der Waals surface area (Å²) in [7, 11) is 1.64. The third-order valence-corrected chi connectivity index (χ3v) is 6.33. The topological polar surface area (TPSA) is 60.9 Å². The maximum absolute atomic E-state index is 13.6. The number of allylic oxidation sites excluding steroid dienone is 3. The van der Waals surface area contributed by atoms with Gasteiger partial charge in [-0.05, 0) is 55.3 Å². The number of nitrogens with zero attached hydrogens (tertiary/aromatic N) is 3. The summed E-state index contributed by atoms with van der Waals surface area (Å²) < 4.78 is 40.9. The molecule has 0 aromatic heterocycles. The molecule has 1 aliphatic rings. The number of halogens is 3. The maximum atomic E-state index is 13.6. The van der Waals surface area contributed by atoms with E-state index in [2.05, 4.69) is 13.2 Å². The summed E-state index contributed by atoms with van der Waals surface area (Å²) in [5.74, 6) is -1.21. The lowest BCUT2D eigenvalue weighted by Gasteiger charge is -2.24. The van der Waals surface area contributed by atoms with Crippen molar-refractivity contribution in [2.45, 2.75) is 47.0 Å². The van der Waals surface area contributed by atoms with Crippen LogP contribution in [0.1, 0.15) is 54.7 Å². The first-order chi connectivity index (χ1) is 19.8. The van der Waals surface area contributed by atoms with Crippen molar-refractivity contribution in [3.05, 3.63) is 113 Å². The quantitative estimate of drug-likeness (QED) is 0.193. The molecule has 1 aliphatic heterocycles. The summed E-state index contributed by atoms with van der Waals surface area (Å²) in [5, 5.41) is 0. The van der Waals surface area contributed by atoms with E-state index < -0.39 is 23.6 Å². The van der Waals surface area contributed by atoms with E-state index in [9.17, 15) is 27.6 Å². The Bertz CT molecular complexity index is 1370. The van der Waals surface area contributed by atoms with Crippen LogP contribution in [0, 0.1) is 0 Å². The first-order valence-electron chi connectivity index (χ1n) is 13.6. The largest absolute Gasteiger partial charge is 0.416 e. The molecule has 2 aromatic carbocycles. The van der Waals surface area contributed by atoms with Gasteiger partial charge in [-0.3, -0.25) is 14.4 Å². The van der Waals surface area contributed by atoms with Crippen molar-refractivity contribution >= 4 is 23.4 Å². The minimum Gasteiger partial charge on any atom is -0.338 e. The predicted octanol–water partition coefficient (Wildman–Crippen LogP) is 6.94. The van der Waals surface area contributed by atoms with E-state index in [0.717, 1.165) is 17.7 Å². The molecule has 3 amide bonds. The third kappa shape index (κ3) is 8.55. The second kappa shape index (κ2) is 15.0. The number of carbonyl (C=O) groups is 3. The van der Waals surface area contributed by atoms with E-state index in [-0.39, 0.29) is 36.8 Å². The fourth-order valence-corrected chi connectivity index (χ4v) is 4.18. The molecule has 9 heteroatoms. The number of alkyl halides is 3. The van der Waals surface area contributed by atoms with Gasteiger partial charge < -0.3 is 14.7 Å². The van der Waals surface area contributed by atoms with Crippen LogP contribution in [0.4, 0.5) is 18.9 Å². The molecule has 0 radical (unpaired) electrons. The number of anilines is 1. The van der Waals surface area contributed by atoms with E-state index in [1.54, 1.807) is 49.5 Å². The van der Waals surface area contributed by atoms with Gasteiger partial charge in [0.1, 0.15) is 6.54 Å². The maximum Gasteiger partial charge on any atom is 0.416 e. The zero-order valence-electron chi connectivity index (χ0n) is 24.8. The lowest BCUT2D eigenvalue weighted by Crippen LogP contribution is -2.40. The second-order valence-corrected chi connectivity index (χ2v) is 9.72. The van der Waals surface area contributed by atoms with Crippen molar-refractivity contribution in [3.63, 3.8) is 0 Å². The number of hydrogen-bond donors (Lipinski definition) is 0. The smallest absolute Gasteiger partial charge is 0.338 e. The fourth-order valence-electron chi connectivity index (χ4n) is 4.18. The summed E-state index contributed by atoms with van der Waals surface area (Å²) in [4.78, 5) is 43.4. The van der Waals surface area contributed by atoms with Crippen LogP contribution in [0.3, 0.4) is 0 Å². The lowest BCUT2D eigenvalue weighted by atomic mass is 10.1. The van der Waals surface area contributed by atoms with Gasteiger partial charge in [0.05, 0.1) is 12.1 Å². The van der Waals surface area contributed by atoms with Crippen LogP contribution in [0.25, 0.3) is 0 Å². The van der Waals surface area contributed by atoms with Gasteiger partial charge in [0, 0.05) is 37.0 Å². The number of likely N-dealkylation sites (N-methyl/N-ethyl adjacent to an activating group) is 1. The summed E-state index contributed by atoms with van der Waals surface area (Å²) in [6.45, 7) is 15.0. The summed E-state index contributed by atoms with van der Waals surface area (Å²) in [6, 6.07) is 9.71. The molecule has 224 valence electrons. The number of amides is 3. The van der Waals surface area contributed by atoms with Gasteiger partial charge >= 0.3 is 6.18 Å². The number of carbonyl (C=O) groups excluding carboxylic acids is 3. The van der Waals surface area contributed by atoms with Crippen molar-refractivity contribution in [2.75, 3.05) is 25.0 Å². The lowest BCUT2D eigenvalue weighted by molar-refractivity contribution is -0.137. The van der Waals surface area contributed by atoms with Crippen molar-refractivity contribution < 1.29 is 27.6 Å². The molecule has 0 N–H and O–H groups in total. The fraction of sp³-hybridized carbons (Fsp3) is 0.303. The van der Waals surface area contributed by atoms with Gasteiger partial charge in [-0.25, -0.2) is 0 Å². The van der Waals surface area contributed by atoms with E-state index in [1.807, 2.05) is 27.7 Å². The molecule has 2 aromatic rings. The molecule has 0 saturated heterocycles. The third-order valence-electron chi connectivity index (χ3n) is 6.33. The SMILES string of the molecule is C=CCN(C)C(=O)c1ccc(CN2C(=O)CN(C(=O)/C(C=C)=C/C=C(C)C)Cc3ccc(C(F)(F)F)cc32)cc1.CC. The van der Waals surface area contributed by atoms with Gasteiger partial charge in [0.2, 0.25) is 5.91 Å².